The van der Waals surface area contributed by atoms with Crippen LogP contribution in [-0.2, 0) is 6.54 Å². The Hall–Kier alpha value is -1.32. The summed E-state index contributed by atoms with van der Waals surface area (Å²) in [5, 5.41) is 13.6. The minimum absolute atomic E-state index is 0.140. The van der Waals surface area contributed by atoms with Crippen LogP contribution in [0, 0.1) is 13.8 Å². The first-order valence-electron chi connectivity index (χ1n) is 6.48. The molecule has 0 saturated carbocycles. The summed E-state index contributed by atoms with van der Waals surface area (Å²) >= 11 is 0. The molecule has 2 N–H and O–H groups in total. The Kier molecular flexibility index (Phi) is 4.04. The fraction of sp³-hybridized carbons (Fsp3) is 0.467. The number of aryl methyl sites for hydroxylation is 2. The summed E-state index contributed by atoms with van der Waals surface area (Å²) in [5.41, 5.74) is 3.47. The second-order valence-corrected chi connectivity index (χ2v) is 4.86. The molecule has 1 unspecified atom stereocenters. The average Bonchev–Trinajstić information content (AvgIpc) is 2.73. The molecule has 2 rings (SSSR count). The Morgan fingerprint density at radius 1 is 1.22 bits per heavy atom. The lowest BCUT2D eigenvalue weighted by Gasteiger charge is -2.12. The van der Waals surface area contributed by atoms with E-state index in [4.69, 9.17) is 9.52 Å². The Balaban J connectivity index is 2.15. The summed E-state index contributed by atoms with van der Waals surface area (Å²) in [6.07, 6.45) is 0.912. The van der Waals surface area contributed by atoms with Gasteiger partial charge in [-0.3, -0.25) is 0 Å². The van der Waals surface area contributed by atoms with Gasteiger partial charge in [-0.1, -0.05) is 6.92 Å². The molecule has 0 spiro atoms. The van der Waals surface area contributed by atoms with E-state index >= 15 is 0 Å². The van der Waals surface area contributed by atoms with E-state index in [1.54, 1.807) is 0 Å². The fourth-order valence-corrected chi connectivity index (χ4v) is 2.03. The maximum absolute atomic E-state index is 9.12. The first-order chi connectivity index (χ1) is 8.63. The molecule has 0 bridgehead atoms. The summed E-state index contributed by atoms with van der Waals surface area (Å²) < 4.78 is 5.80. The molecule has 0 aliphatic carbocycles. The highest BCUT2D eigenvalue weighted by atomic mass is 16.3. The van der Waals surface area contributed by atoms with Crippen LogP contribution in [0.2, 0.25) is 0 Å². The first kappa shape index (κ1) is 13.1. The molecule has 1 atom stereocenters. The third-order valence-electron chi connectivity index (χ3n) is 3.46. The maximum Gasteiger partial charge on any atom is 0.134 e. The topological polar surface area (TPSA) is 45.4 Å². The first-order valence-corrected chi connectivity index (χ1v) is 6.48. The zero-order valence-corrected chi connectivity index (χ0v) is 11.3. The van der Waals surface area contributed by atoms with Crippen LogP contribution < -0.4 is 5.32 Å². The highest BCUT2D eigenvalue weighted by molar-refractivity contribution is 5.79. The van der Waals surface area contributed by atoms with Gasteiger partial charge in [0.25, 0.3) is 0 Å². The third kappa shape index (κ3) is 2.74. The van der Waals surface area contributed by atoms with Gasteiger partial charge in [-0.2, -0.15) is 0 Å². The van der Waals surface area contributed by atoms with E-state index in [0.717, 1.165) is 23.2 Å². The van der Waals surface area contributed by atoms with Crippen molar-refractivity contribution in [3.05, 3.63) is 35.1 Å². The van der Waals surface area contributed by atoms with Crippen LogP contribution in [-0.4, -0.2) is 17.8 Å². The molecule has 0 aliphatic rings. The van der Waals surface area contributed by atoms with Gasteiger partial charge < -0.3 is 14.8 Å². The van der Waals surface area contributed by atoms with E-state index in [-0.39, 0.29) is 12.6 Å². The van der Waals surface area contributed by atoms with E-state index < -0.39 is 0 Å². The second kappa shape index (κ2) is 5.55. The number of hydrogen-bond donors (Lipinski definition) is 2. The Morgan fingerprint density at radius 2 is 1.94 bits per heavy atom. The van der Waals surface area contributed by atoms with Crippen LogP contribution in [0.15, 0.2) is 22.6 Å². The zero-order chi connectivity index (χ0) is 13.1. The summed E-state index contributed by atoms with van der Waals surface area (Å²) in [5.74, 6) is 0.918. The summed E-state index contributed by atoms with van der Waals surface area (Å²) in [4.78, 5) is 0. The number of benzene rings is 1. The summed E-state index contributed by atoms with van der Waals surface area (Å²) in [7, 11) is 0. The number of fused-ring (bicyclic) bond motifs is 1. The predicted octanol–water partition coefficient (Wildman–Crippen LogP) is 2.91. The van der Waals surface area contributed by atoms with Gasteiger partial charge in [0, 0.05) is 11.4 Å². The van der Waals surface area contributed by atoms with Crippen LogP contribution in [0.3, 0.4) is 0 Å². The van der Waals surface area contributed by atoms with Crippen molar-refractivity contribution in [3.8, 4) is 0 Å². The van der Waals surface area contributed by atoms with Crippen molar-refractivity contribution >= 4 is 11.0 Å². The number of nitrogens with one attached hydrogen (secondary N) is 1. The van der Waals surface area contributed by atoms with E-state index in [9.17, 15) is 0 Å². The normalized spacial score (nSPS) is 13.1. The maximum atomic E-state index is 9.12. The van der Waals surface area contributed by atoms with Crippen molar-refractivity contribution < 1.29 is 9.52 Å². The van der Waals surface area contributed by atoms with Gasteiger partial charge in [0.15, 0.2) is 0 Å². The van der Waals surface area contributed by atoms with Crippen molar-refractivity contribution in [2.45, 2.75) is 39.8 Å². The van der Waals surface area contributed by atoms with E-state index in [0.29, 0.717) is 6.54 Å². The highest BCUT2D eigenvalue weighted by Crippen LogP contribution is 2.23. The molecule has 1 aromatic carbocycles. The van der Waals surface area contributed by atoms with Gasteiger partial charge in [0.2, 0.25) is 0 Å². The van der Waals surface area contributed by atoms with Crippen molar-refractivity contribution in [3.63, 3.8) is 0 Å². The molecule has 18 heavy (non-hydrogen) atoms. The smallest absolute Gasteiger partial charge is 0.134 e. The van der Waals surface area contributed by atoms with Gasteiger partial charge >= 0.3 is 0 Å². The van der Waals surface area contributed by atoms with Crippen LogP contribution in [0.5, 0.6) is 0 Å². The van der Waals surface area contributed by atoms with Crippen LogP contribution >= 0.6 is 0 Å². The molecule has 0 aliphatic heterocycles. The molecular formula is C15H21NO2. The molecule has 1 aromatic heterocycles. The number of furan rings is 1. The van der Waals surface area contributed by atoms with Gasteiger partial charge in [0.1, 0.15) is 11.3 Å². The number of aliphatic hydroxyl groups excluding tert-OH is 1. The molecule has 3 nitrogen and oxygen atoms in total. The van der Waals surface area contributed by atoms with Crippen molar-refractivity contribution in [1.29, 1.82) is 0 Å². The van der Waals surface area contributed by atoms with Gasteiger partial charge in [-0.05, 0) is 49.6 Å². The van der Waals surface area contributed by atoms with Crippen molar-refractivity contribution in [2.75, 3.05) is 6.61 Å². The lowest BCUT2D eigenvalue weighted by atomic mass is 10.1. The van der Waals surface area contributed by atoms with E-state index in [1.165, 1.54) is 11.1 Å². The third-order valence-corrected chi connectivity index (χ3v) is 3.46. The van der Waals surface area contributed by atoms with Crippen molar-refractivity contribution in [2.24, 2.45) is 0 Å². The Labute approximate surface area is 108 Å². The van der Waals surface area contributed by atoms with E-state index in [1.807, 2.05) is 0 Å². The molecule has 1 heterocycles. The quantitative estimate of drug-likeness (QED) is 0.854. The molecule has 0 saturated heterocycles. The molecule has 0 amide bonds. The number of aliphatic hydroxyl groups is 1. The molecule has 2 aromatic rings. The van der Waals surface area contributed by atoms with Crippen LogP contribution in [0.1, 0.15) is 30.2 Å². The summed E-state index contributed by atoms with van der Waals surface area (Å²) in [6.45, 7) is 7.08. The molecule has 3 heteroatoms. The lowest BCUT2D eigenvalue weighted by molar-refractivity contribution is 0.236. The number of hydrogen-bond acceptors (Lipinski definition) is 3. The van der Waals surface area contributed by atoms with Crippen molar-refractivity contribution in [1.82, 2.24) is 5.32 Å². The predicted molar refractivity (Wildman–Crippen MR) is 73.7 cm³/mol. The summed E-state index contributed by atoms with van der Waals surface area (Å²) in [6, 6.07) is 6.44. The van der Waals surface area contributed by atoms with Crippen LogP contribution in [0.4, 0.5) is 0 Å². The SMILES string of the molecule is CCC(CO)NCc1cc2cc(C)c(C)cc2o1. The molecule has 0 fully saturated rings. The second-order valence-electron chi connectivity index (χ2n) is 4.86. The lowest BCUT2D eigenvalue weighted by Crippen LogP contribution is -2.30. The Morgan fingerprint density at radius 3 is 2.61 bits per heavy atom. The largest absolute Gasteiger partial charge is 0.460 e. The van der Waals surface area contributed by atoms with E-state index in [2.05, 4.69) is 44.3 Å². The zero-order valence-electron chi connectivity index (χ0n) is 11.3. The highest BCUT2D eigenvalue weighted by Gasteiger charge is 2.08. The standard InChI is InChI=1S/C15H21NO2/c1-4-13(9-17)16-8-14-7-12-5-10(2)11(3)6-15(12)18-14/h5-7,13,16-17H,4,8-9H2,1-3H3. The Bertz CT molecular complexity index is 488. The van der Waals surface area contributed by atoms with Gasteiger partial charge in [-0.15, -0.1) is 0 Å². The molecule has 0 radical (unpaired) electrons. The average molecular weight is 247 g/mol. The number of rotatable bonds is 5. The van der Waals surface area contributed by atoms with Gasteiger partial charge in [-0.25, -0.2) is 0 Å². The monoisotopic (exact) mass is 247 g/mol. The van der Waals surface area contributed by atoms with Gasteiger partial charge in [0.05, 0.1) is 13.2 Å². The minimum atomic E-state index is 0.140. The minimum Gasteiger partial charge on any atom is -0.460 e. The molecule has 98 valence electrons. The van der Waals surface area contributed by atoms with Crippen LogP contribution in [0.25, 0.3) is 11.0 Å². The fourth-order valence-electron chi connectivity index (χ4n) is 2.03. The molecular weight excluding hydrogens is 226 g/mol.